The van der Waals surface area contributed by atoms with Crippen LogP contribution in [0.5, 0.6) is 11.5 Å². The molecule has 0 fully saturated rings. The van der Waals surface area contributed by atoms with Crippen molar-refractivity contribution in [1.29, 1.82) is 0 Å². The van der Waals surface area contributed by atoms with Crippen LogP contribution in [0, 0.1) is 5.82 Å². The molecule has 1 N–H and O–H groups in total. The summed E-state index contributed by atoms with van der Waals surface area (Å²) in [5.74, 6) is 0.191. The highest BCUT2D eigenvalue weighted by Gasteiger charge is 2.09. The highest BCUT2D eigenvalue weighted by Crippen LogP contribution is 2.31. The Hall–Kier alpha value is -2.46. The third-order valence-corrected chi connectivity index (χ3v) is 2.95. The molecule has 100 valence electrons. The minimum absolute atomic E-state index is 0.146. The van der Waals surface area contributed by atoms with Crippen LogP contribution in [0.3, 0.4) is 0 Å². The van der Waals surface area contributed by atoms with E-state index in [1.165, 1.54) is 6.07 Å². The molecule has 2 aromatic carbocycles. The van der Waals surface area contributed by atoms with E-state index in [2.05, 4.69) is 4.98 Å². The Morgan fingerprint density at radius 3 is 2.55 bits per heavy atom. The second-order valence-electron chi connectivity index (χ2n) is 4.32. The molecule has 0 saturated heterocycles. The Bertz CT molecular complexity index is 758. The van der Waals surface area contributed by atoms with Gasteiger partial charge in [0.15, 0.2) is 11.6 Å². The monoisotopic (exact) mass is 269 g/mol. The van der Waals surface area contributed by atoms with Gasteiger partial charge in [0, 0.05) is 11.5 Å². The lowest BCUT2D eigenvalue weighted by Gasteiger charge is -2.10. The van der Waals surface area contributed by atoms with E-state index in [4.69, 9.17) is 4.74 Å². The summed E-state index contributed by atoms with van der Waals surface area (Å²) in [7, 11) is 0. The number of benzene rings is 2. The summed E-state index contributed by atoms with van der Waals surface area (Å²) in [5, 5.41) is 10.0. The number of aliphatic hydroxyl groups excluding tert-OH is 1. The molecule has 3 rings (SSSR count). The Kier molecular flexibility index (Phi) is 3.31. The number of para-hydroxylation sites is 2. The summed E-state index contributed by atoms with van der Waals surface area (Å²) >= 11 is 0. The molecule has 0 bridgehead atoms. The van der Waals surface area contributed by atoms with E-state index >= 15 is 0 Å². The Labute approximate surface area is 115 Å². The molecule has 0 aliphatic rings. The molecule has 1 heterocycles. The van der Waals surface area contributed by atoms with Crippen molar-refractivity contribution in [2.24, 2.45) is 0 Å². The van der Waals surface area contributed by atoms with Crippen molar-refractivity contribution in [3.8, 4) is 11.5 Å². The lowest BCUT2D eigenvalue weighted by Crippen LogP contribution is -1.95. The first-order chi connectivity index (χ1) is 9.78. The molecular weight excluding hydrogens is 257 g/mol. The maximum atomic E-state index is 13.7. The first kappa shape index (κ1) is 12.6. The molecule has 0 radical (unpaired) electrons. The number of pyridine rings is 1. The van der Waals surface area contributed by atoms with Gasteiger partial charge in [0.2, 0.25) is 0 Å². The van der Waals surface area contributed by atoms with Crippen LogP contribution >= 0.6 is 0 Å². The number of hydrogen-bond donors (Lipinski definition) is 1. The number of ether oxygens (including phenoxy) is 1. The summed E-state index contributed by atoms with van der Waals surface area (Å²) in [4.78, 5) is 4.29. The maximum Gasteiger partial charge on any atom is 0.165 e. The normalized spacial score (nSPS) is 10.7. The van der Waals surface area contributed by atoms with Crippen LogP contribution in [-0.4, -0.2) is 10.1 Å². The van der Waals surface area contributed by atoms with Gasteiger partial charge in [-0.15, -0.1) is 0 Å². The number of halogens is 1. The molecule has 0 spiro atoms. The van der Waals surface area contributed by atoms with E-state index in [9.17, 15) is 9.50 Å². The Morgan fingerprint density at radius 2 is 1.75 bits per heavy atom. The minimum Gasteiger partial charge on any atom is -0.454 e. The third-order valence-electron chi connectivity index (χ3n) is 2.95. The molecule has 1 aromatic heterocycles. The van der Waals surface area contributed by atoms with Gasteiger partial charge in [-0.05, 0) is 24.3 Å². The van der Waals surface area contributed by atoms with Crippen molar-refractivity contribution >= 4 is 10.9 Å². The SMILES string of the molecule is OCc1cc(Oc2ccccc2F)c2ccccc2n1. The first-order valence-corrected chi connectivity index (χ1v) is 6.20. The first-order valence-electron chi connectivity index (χ1n) is 6.20. The number of rotatable bonds is 3. The summed E-state index contributed by atoms with van der Waals surface area (Å²) in [5.41, 5.74) is 1.18. The van der Waals surface area contributed by atoms with Gasteiger partial charge in [-0.2, -0.15) is 0 Å². The van der Waals surface area contributed by atoms with Crippen molar-refractivity contribution in [2.75, 3.05) is 0 Å². The summed E-state index contributed by atoms with van der Waals surface area (Å²) in [6.07, 6.45) is 0. The van der Waals surface area contributed by atoms with E-state index in [-0.39, 0.29) is 12.4 Å². The van der Waals surface area contributed by atoms with Crippen LogP contribution in [0.1, 0.15) is 5.69 Å². The van der Waals surface area contributed by atoms with Crippen molar-refractivity contribution in [3.63, 3.8) is 0 Å². The lowest BCUT2D eigenvalue weighted by atomic mass is 10.2. The van der Waals surface area contributed by atoms with Crippen molar-refractivity contribution in [1.82, 2.24) is 4.98 Å². The second-order valence-corrected chi connectivity index (χ2v) is 4.32. The number of nitrogens with zero attached hydrogens (tertiary/aromatic N) is 1. The van der Waals surface area contributed by atoms with E-state index in [0.717, 1.165) is 5.39 Å². The van der Waals surface area contributed by atoms with Crippen LogP contribution in [0.2, 0.25) is 0 Å². The van der Waals surface area contributed by atoms with Gasteiger partial charge in [-0.25, -0.2) is 4.39 Å². The van der Waals surface area contributed by atoms with Gasteiger partial charge >= 0.3 is 0 Å². The van der Waals surface area contributed by atoms with Gasteiger partial charge in [0.25, 0.3) is 0 Å². The van der Waals surface area contributed by atoms with Crippen LogP contribution < -0.4 is 4.74 Å². The van der Waals surface area contributed by atoms with E-state index in [1.807, 2.05) is 24.3 Å². The van der Waals surface area contributed by atoms with Crippen LogP contribution in [0.25, 0.3) is 10.9 Å². The van der Waals surface area contributed by atoms with Gasteiger partial charge in [-0.3, -0.25) is 4.98 Å². The molecule has 0 aliphatic heterocycles. The Balaban J connectivity index is 2.13. The van der Waals surface area contributed by atoms with Crippen molar-refractivity contribution < 1.29 is 14.2 Å². The largest absolute Gasteiger partial charge is 0.454 e. The molecule has 0 amide bonds. The van der Waals surface area contributed by atoms with E-state index in [1.54, 1.807) is 24.3 Å². The molecule has 0 atom stereocenters. The molecule has 0 unspecified atom stereocenters. The number of aliphatic hydroxyl groups is 1. The zero-order valence-electron chi connectivity index (χ0n) is 10.6. The minimum atomic E-state index is -0.432. The van der Waals surface area contributed by atoms with Crippen LogP contribution in [-0.2, 0) is 6.61 Å². The highest BCUT2D eigenvalue weighted by molar-refractivity contribution is 5.85. The van der Waals surface area contributed by atoms with Crippen molar-refractivity contribution in [2.45, 2.75) is 6.61 Å². The van der Waals surface area contributed by atoms with E-state index < -0.39 is 5.82 Å². The Morgan fingerprint density at radius 1 is 1.00 bits per heavy atom. The fraction of sp³-hybridized carbons (Fsp3) is 0.0625. The van der Waals surface area contributed by atoms with Gasteiger partial charge in [0.05, 0.1) is 17.8 Å². The predicted molar refractivity (Wildman–Crippen MR) is 74.1 cm³/mol. The van der Waals surface area contributed by atoms with Gasteiger partial charge in [0.1, 0.15) is 5.75 Å². The molecule has 0 aliphatic carbocycles. The molecule has 0 saturated carbocycles. The molecule has 20 heavy (non-hydrogen) atoms. The highest BCUT2D eigenvalue weighted by atomic mass is 19.1. The van der Waals surface area contributed by atoms with Crippen molar-refractivity contribution in [3.05, 3.63) is 66.1 Å². The summed E-state index contributed by atoms with van der Waals surface area (Å²) in [6, 6.07) is 15.2. The van der Waals surface area contributed by atoms with Crippen LogP contribution in [0.4, 0.5) is 4.39 Å². The van der Waals surface area contributed by atoms with Crippen LogP contribution in [0.15, 0.2) is 54.6 Å². The zero-order valence-corrected chi connectivity index (χ0v) is 10.6. The molecule has 3 aromatic rings. The smallest absolute Gasteiger partial charge is 0.165 e. The lowest BCUT2D eigenvalue weighted by molar-refractivity contribution is 0.276. The quantitative estimate of drug-likeness (QED) is 0.789. The fourth-order valence-electron chi connectivity index (χ4n) is 2.01. The standard InChI is InChI=1S/C16H12FNO2/c17-13-6-2-4-8-15(13)20-16-9-11(10-19)18-14-7-3-1-5-12(14)16/h1-9,19H,10H2. The number of fused-ring (bicyclic) bond motifs is 1. The average molecular weight is 269 g/mol. The number of hydrogen-bond acceptors (Lipinski definition) is 3. The topological polar surface area (TPSA) is 42.4 Å². The zero-order chi connectivity index (χ0) is 13.9. The summed E-state index contributed by atoms with van der Waals surface area (Å²) < 4.78 is 19.3. The molecule has 3 nitrogen and oxygen atoms in total. The molecular formula is C16H12FNO2. The maximum absolute atomic E-state index is 13.7. The fourth-order valence-corrected chi connectivity index (χ4v) is 2.01. The predicted octanol–water partition coefficient (Wildman–Crippen LogP) is 3.66. The average Bonchev–Trinajstić information content (AvgIpc) is 2.49. The summed E-state index contributed by atoms with van der Waals surface area (Å²) in [6.45, 7) is -0.196. The van der Waals surface area contributed by atoms with Gasteiger partial charge in [-0.1, -0.05) is 24.3 Å². The number of aromatic nitrogens is 1. The second kappa shape index (κ2) is 5.27. The van der Waals surface area contributed by atoms with Gasteiger partial charge < -0.3 is 9.84 Å². The molecule has 4 heteroatoms. The van der Waals surface area contributed by atoms with E-state index in [0.29, 0.717) is 17.0 Å². The third kappa shape index (κ3) is 2.33.